The van der Waals surface area contributed by atoms with Crippen molar-refractivity contribution in [3.63, 3.8) is 0 Å². The van der Waals surface area contributed by atoms with Gasteiger partial charge >= 0.3 is 0 Å². The van der Waals surface area contributed by atoms with Crippen molar-refractivity contribution in [2.75, 3.05) is 4.90 Å². The first-order chi connectivity index (χ1) is 18.8. The molecule has 0 saturated carbocycles. The number of para-hydroxylation sites is 2. The average Bonchev–Trinajstić information content (AvgIpc) is 3.32. The number of rotatable bonds is 5. The van der Waals surface area contributed by atoms with Crippen LogP contribution in [0, 0.1) is 20.8 Å². The Balaban J connectivity index is 1.68. The van der Waals surface area contributed by atoms with E-state index in [1.165, 1.54) is 72.7 Å². The van der Waals surface area contributed by atoms with Crippen molar-refractivity contribution in [1.29, 1.82) is 0 Å². The normalized spacial score (nSPS) is 14.2. The maximum atomic E-state index is 2.52. The number of aromatic nitrogens is 1. The number of nitrogens with zero attached hydrogens (tertiary/aromatic N) is 2. The van der Waals surface area contributed by atoms with Gasteiger partial charge in [-0.15, -0.1) is 0 Å². The Labute approximate surface area is 233 Å². The molecule has 0 saturated heterocycles. The molecule has 1 aliphatic carbocycles. The van der Waals surface area contributed by atoms with Gasteiger partial charge in [0.25, 0.3) is 0 Å². The zero-order valence-corrected chi connectivity index (χ0v) is 24.3. The molecule has 0 N–H and O–H groups in total. The second kappa shape index (κ2) is 9.31. The molecule has 0 amide bonds. The van der Waals surface area contributed by atoms with E-state index in [1.54, 1.807) is 0 Å². The molecule has 0 spiro atoms. The van der Waals surface area contributed by atoms with Gasteiger partial charge in [0.1, 0.15) is 0 Å². The van der Waals surface area contributed by atoms with E-state index in [4.69, 9.17) is 0 Å². The topological polar surface area (TPSA) is 8.17 Å². The Morgan fingerprint density at radius 1 is 0.744 bits per heavy atom. The Morgan fingerprint density at radius 3 is 2.18 bits per heavy atom. The molecule has 0 aliphatic heterocycles. The molecular formula is C37H38N2. The van der Waals surface area contributed by atoms with Crippen molar-refractivity contribution in [3.8, 4) is 5.69 Å². The second-order valence-electron chi connectivity index (χ2n) is 11.5. The number of fused-ring (bicyclic) bond motifs is 2. The molecule has 4 aromatic carbocycles. The smallest absolute Gasteiger partial charge is 0.0563 e. The van der Waals surface area contributed by atoms with Gasteiger partial charge in [-0.1, -0.05) is 87.5 Å². The lowest BCUT2D eigenvalue weighted by Gasteiger charge is -2.32. The molecule has 0 unspecified atom stereocenters. The lowest BCUT2D eigenvalue weighted by Crippen LogP contribution is -2.20. The summed E-state index contributed by atoms with van der Waals surface area (Å²) in [5.74, 6) is 0. The number of hydrogen-bond acceptors (Lipinski definition) is 1. The summed E-state index contributed by atoms with van der Waals surface area (Å²) in [6.45, 7) is 16.1. The Morgan fingerprint density at radius 2 is 1.44 bits per heavy atom. The number of allylic oxidation sites excluding steroid dienone is 1. The lowest BCUT2D eigenvalue weighted by atomic mass is 9.82. The lowest BCUT2D eigenvalue weighted by molar-refractivity contribution is 0.638. The molecule has 196 valence electrons. The molecule has 1 aromatic heterocycles. The summed E-state index contributed by atoms with van der Waals surface area (Å²) in [7, 11) is 0. The summed E-state index contributed by atoms with van der Waals surface area (Å²) in [6.07, 6.45) is 0.927. The van der Waals surface area contributed by atoms with Crippen LogP contribution in [0.2, 0.25) is 0 Å². The number of anilines is 2. The minimum Gasteiger partial charge on any atom is -0.313 e. The maximum Gasteiger partial charge on any atom is 0.0563 e. The standard InChI is InChI=1S/C37H38N2/c1-8-29-33(38-27(5)25(3)30-20-14-16-24(2)35(30)38)22-15-23-34(29)39(28-17-10-9-11-18-28)36-26(4)37(6,7)32-21-13-12-19-31(32)36/h9-23H,8H2,1-7H3. The van der Waals surface area contributed by atoms with E-state index in [-0.39, 0.29) is 5.41 Å². The van der Waals surface area contributed by atoms with Crippen molar-refractivity contribution in [3.05, 3.63) is 130 Å². The first-order valence-electron chi connectivity index (χ1n) is 14.1. The highest BCUT2D eigenvalue weighted by atomic mass is 15.2. The van der Waals surface area contributed by atoms with Crippen molar-refractivity contribution in [2.45, 2.75) is 60.3 Å². The molecule has 0 bridgehead atoms. The van der Waals surface area contributed by atoms with Crippen LogP contribution in [0.5, 0.6) is 0 Å². The van der Waals surface area contributed by atoms with Crippen LogP contribution in [-0.4, -0.2) is 4.57 Å². The van der Waals surface area contributed by atoms with Crippen LogP contribution < -0.4 is 4.90 Å². The first kappa shape index (κ1) is 25.2. The monoisotopic (exact) mass is 510 g/mol. The maximum absolute atomic E-state index is 2.52. The third kappa shape index (κ3) is 3.69. The SMILES string of the molecule is CCc1c(N(C2=C(C)C(C)(C)c3ccccc32)c2ccccc2)cccc1-n1c(C)c(C)c2cccc(C)c21. The van der Waals surface area contributed by atoms with Crippen LogP contribution in [0.4, 0.5) is 11.4 Å². The van der Waals surface area contributed by atoms with Crippen LogP contribution in [0.3, 0.4) is 0 Å². The molecule has 2 heteroatoms. The predicted octanol–water partition coefficient (Wildman–Crippen LogP) is 9.98. The van der Waals surface area contributed by atoms with Gasteiger partial charge in [-0.2, -0.15) is 0 Å². The molecule has 1 aliphatic rings. The van der Waals surface area contributed by atoms with Gasteiger partial charge in [-0.3, -0.25) is 0 Å². The third-order valence-corrected chi connectivity index (χ3v) is 9.09. The summed E-state index contributed by atoms with van der Waals surface area (Å²) in [5, 5.41) is 1.34. The minimum absolute atomic E-state index is 0.0373. The molecule has 5 aromatic rings. The van der Waals surface area contributed by atoms with Crippen molar-refractivity contribution in [2.24, 2.45) is 0 Å². The van der Waals surface area contributed by atoms with E-state index in [2.05, 4.69) is 149 Å². The highest BCUT2D eigenvalue weighted by molar-refractivity contribution is 5.96. The van der Waals surface area contributed by atoms with Gasteiger partial charge in [0.2, 0.25) is 0 Å². The predicted molar refractivity (Wildman–Crippen MR) is 168 cm³/mol. The fourth-order valence-corrected chi connectivity index (χ4v) is 6.62. The third-order valence-electron chi connectivity index (χ3n) is 9.09. The van der Waals surface area contributed by atoms with E-state index in [9.17, 15) is 0 Å². The molecule has 0 radical (unpaired) electrons. The van der Waals surface area contributed by atoms with E-state index in [1.807, 2.05) is 0 Å². The molecule has 39 heavy (non-hydrogen) atoms. The average molecular weight is 511 g/mol. The fourth-order valence-electron chi connectivity index (χ4n) is 6.62. The summed E-state index contributed by atoms with van der Waals surface area (Å²) in [4.78, 5) is 2.52. The highest BCUT2D eigenvalue weighted by Gasteiger charge is 2.38. The summed E-state index contributed by atoms with van der Waals surface area (Å²) in [5.41, 5.74) is 15.7. The fraction of sp³-hybridized carbons (Fsp3) is 0.243. The zero-order chi connectivity index (χ0) is 27.5. The minimum atomic E-state index is -0.0373. The van der Waals surface area contributed by atoms with Gasteiger partial charge in [0.05, 0.1) is 22.6 Å². The highest BCUT2D eigenvalue weighted by Crippen LogP contribution is 2.51. The summed E-state index contributed by atoms with van der Waals surface area (Å²) in [6, 6.07) is 33.3. The first-order valence-corrected chi connectivity index (χ1v) is 14.1. The van der Waals surface area contributed by atoms with Crippen molar-refractivity contribution in [1.82, 2.24) is 4.57 Å². The van der Waals surface area contributed by atoms with Gasteiger partial charge in [-0.05, 0) is 86.2 Å². The summed E-state index contributed by atoms with van der Waals surface area (Å²) >= 11 is 0. The number of hydrogen-bond donors (Lipinski definition) is 0. The van der Waals surface area contributed by atoms with Crippen molar-refractivity contribution < 1.29 is 0 Å². The van der Waals surface area contributed by atoms with Gasteiger partial charge in [-0.25, -0.2) is 0 Å². The van der Waals surface area contributed by atoms with Crippen LogP contribution >= 0.6 is 0 Å². The molecule has 6 rings (SSSR count). The van der Waals surface area contributed by atoms with Gasteiger partial charge < -0.3 is 9.47 Å². The Hall–Kier alpha value is -4.04. The van der Waals surface area contributed by atoms with Gasteiger partial charge in [0, 0.05) is 27.7 Å². The Bertz CT molecular complexity index is 1750. The van der Waals surface area contributed by atoms with Crippen LogP contribution in [0.25, 0.3) is 22.3 Å². The van der Waals surface area contributed by atoms with Crippen molar-refractivity contribution >= 4 is 28.0 Å². The molecular weight excluding hydrogens is 472 g/mol. The summed E-state index contributed by atoms with van der Waals surface area (Å²) < 4.78 is 2.50. The van der Waals surface area contributed by atoms with Crippen LogP contribution in [0.15, 0.2) is 96.6 Å². The largest absolute Gasteiger partial charge is 0.313 e. The van der Waals surface area contributed by atoms with E-state index >= 15 is 0 Å². The quantitative estimate of drug-likeness (QED) is 0.228. The number of aryl methyl sites for hydroxylation is 2. The zero-order valence-electron chi connectivity index (χ0n) is 24.3. The van der Waals surface area contributed by atoms with Crippen LogP contribution in [0.1, 0.15) is 61.2 Å². The van der Waals surface area contributed by atoms with Gasteiger partial charge in [0.15, 0.2) is 0 Å². The molecule has 0 fully saturated rings. The molecule has 1 heterocycles. The van der Waals surface area contributed by atoms with E-state index in [0.29, 0.717) is 0 Å². The molecule has 0 atom stereocenters. The van der Waals surface area contributed by atoms with Crippen LogP contribution in [-0.2, 0) is 11.8 Å². The number of benzene rings is 4. The Kier molecular flexibility index (Phi) is 6.03. The van der Waals surface area contributed by atoms with E-state index < -0.39 is 0 Å². The second-order valence-corrected chi connectivity index (χ2v) is 11.5. The molecule has 2 nitrogen and oxygen atoms in total. The van der Waals surface area contributed by atoms with E-state index in [0.717, 1.165) is 6.42 Å².